The summed E-state index contributed by atoms with van der Waals surface area (Å²) in [5, 5.41) is 12.7. The SMILES string of the molecule is CC(C)(C)c1ccc(CNCC2CC(O)C2)s1. The van der Waals surface area contributed by atoms with Gasteiger partial charge in [-0.1, -0.05) is 20.8 Å². The second kappa shape index (κ2) is 5.09. The monoisotopic (exact) mass is 253 g/mol. The minimum Gasteiger partial charge on any atom is -0.393 e. The van der Waals surface area contributed by atoms with Crippen molar-refractivity contribution in [2.75, 3.05) is 6.54 Å². The number of hydrogen-bond donors (Lipinski definition) is 2. The van der Waals surface area contributed by atoms with Gasteiger partial charge in [-0.3, -0.25) is 0 Å². The summed E-state index contributed by atoms with van der Waals surface area (Å²) in [4.78, 5) is 2.86. The zero-order chi connectivity index (χ0) is 12.5. The summed E-state index contributed by atoms with van der Waals surface area (Å²) < 4.78 is 0. The van der Waals surface area contributed by atoms with Crippen molar-refractivity contribution >= 4 is 11.3 Å². The molecule has 0 radical (unpaired) electrons. The normalized spacial score (nSPS) is 24.7. The Morgan fingerprint density at radius 2 is 2.06 bits per heavy atom. The molecule has 1 aromatic heterocycles. The molecule has 0 aliphatic heterocycles. The van der Waals surface area contributed by atoms with E-state index in [-0.39, 0.29) is 11.5 Å². The van der Waals surface area contributed by atoms with Gasteiger partial charge in [0.2, 0.25) is 0 Å². The molecule has 0 atom stereocenters. The van der Waals surface area contributed by atoms with Crippen LogP contribution in [0.2, 0.25) is 0 Å². The molecule has 1 aliphatic rings. The van der Waals surface area contributed by atoms with Crippen molar-refractivity contribution in [3.05, 3.63) is 21.9 Å². The third kappa shape index (κ3) is 3.54. The molecule has 1 heterocycles. The van der Waals surface area contributed by atoms with Crippen molar-refractivity contribution in [1.82, 2.24) is 5.32 Å². The van der Waals surface area contributed by atoms with E-state index < -0.39 is 0 Å². The standard InChI is InChI=1S/C14H23NOS/c1-14(2,3)13-5-4-12(17-13)9-15-8-10-6-11(16)7-10/h4-5,10-11,15-16H,6-9H2,1-3H3. The number of thiophene rings is 1. The molecule has 0 unspecified atom stereocenters. The van der Waals surface area contributed by atoms with Crippen molar-refractivity contribution < 1.29 is 5.11 Å². The van der Waals surface area contributed by atoms with Gasteiger partial charge in [0.05, 0.1) is 6.10 Å². The van der Waals surface area contributed by atoms with E-state index in [4.69, 9.17) is 0 Å². The Labute approximate surface area is 108 Å². The molecule has 3 heteroatoms. The van der Waals surface area contributed by atoms with Gasteiger partial charge in [-0.2, -0.15) is 0 Å². The van der Waals surface area contributed by atoms with E-state index in [1.807, 2.05) is 11.3 Å². The number of rotatable bonds is 4. The van der Waals surface area contributed by atoms with Crippen molar-refractivity contribution in [3.8, 4) is 0 Å². The topological polar surface area (TPSA) is 32.3 Å². The lowest BCUT2D eigenvalue weighted by Gasteiger charge is -2.31. The molecule has 1 saturated carbocycles. The molecule has 0 saturated heterocycles. The van der Waals surface area contributed by atoms with Crippen LogP contribution >= 0.6 is 11.3 Å². The Bertz CT molecular complexity index is 361. The lowest BCUT2D eigenvalue weighted by atomic mass is 9.82. The quantitative estimate of drug-likeness (QED) is 0.865. The van der Waals surface area contributed by atoms with Crippen LogP contribution in [0.15, 0.2) is 12.1 Å². The molecule has 1 aromatic rings. The summed E-state index contributed by atoms with van der Waals surface area (Å²) in [6, 6.07) is 4.47. The van der Waals surface area contributed by atoms with Crippen LogP contribution in [-0.4, -0.2) is 17.8 Å². The van der Waals surface area contributed by atoms with Gasteiger partial charge >= 0.3 is 0 Å². The third-order valence-corrected chi connectivity index (χ3v) is 4.85. The molecule has 17 heavy (non-hydrogen) atoms. The fourth-order valence-corrected chi connectivity index (χ4v) is 3.18. The van der Waals surface area contributed by atoms with Gasteiger partial charge < -0.3 is 10.4 Å². The van der Waals surface area contributed by atoms with Gasteiger partial charge in [0.25, 0.3) is 0 Å². The lowest BCUT2D eigenvalue weighted by Crippen LogP contribution is -2.35. The van der Waals surface area contributed by atoms with E-state index in [9.17, 15) is 5.11 Å². The van der Waals surface area contributed by atoms with E-state index in [2.05, 4.69) is 38.2 Å². The predicted octanol–water partition coefficient (Wildman–Crippen LogP) is 2.91. The van der Waals surface area contributed by atoms with Gasteiger partial charge in [-0.15, -0.1) is 11.3 Å². The van der Waals surface area contributed by atoms with Crippen molar-refractivity contribution in [3.63, 3.8) is 0 Å². The molecule has 0 amide bonds. The first-order valence-electron chi connectivity index (χ1n) is 6.43. The molecule has 96 valence electrons. The second-order valence-corrected chi connectivity index (χ2v) is 7.31. The Hall–Kier alpha value is -0.380. The van der Waals surface area contributed by atoms with Crippen molar-refractivity contribution in [2.45, 2.75) is 51.7 Å². The number of aliphatic hydroxyl groups excluding tert-OH is 1. The van der Waals surface area contributed by atoms with E-state index in [0.717, 1.165) is 25.9 Å². The zero-order valence-corrected chi connectivity index (χ0v) is 11.8. The molecule has 0 bridgehead atoms. The maximum absolute atomic E-state index is 9.20. The molecular formula is C14H23NOS. The first-order valence-corrected chi connectivity index (χ1v) is 7.25. The fraction of sp³-hybridized carbons (Fsp3) is 0.714. The van der Waals surface area contributed by atoms with Crippen LogP contribution in [-0.2, 0) is 12.0 Å². The van der Waals surface area contributed by atoms with Crippen LogP contribution in [0.25, 0.3) is 0 Å². The summed E-state index contributed by atoms with van der Waals surface area (Å²) in [5.41, 5.74) is 0.265. The summed E-state index contributed by atoms with van der Waals surface area (Å²) >= 11 is 1.91. The second-order valence-electron chi connectivity index (χ2n) is 6.14. The number of hydrogen-bond acceptors (Lipinski definition) is 3. The van der Waals surface area contributed by atoms with E-state index in [0.29, 0.717) is 5.92 Å². The number of nitrogens with one attached hydrogen (secondary N) is 1. The summed E-state index contributed by atoms with van der Waals surface area (Å²) in [5.74, 6) is 0.687. The average Bonchev–Trinajstić information content (AvgIpc) is 2.63. The largest absolute Gasteiger partial charge is 0.393 e. The minimum atomic E-state index is -0.0315. The van der Waals surface area contributed by atoms with Crippen LogP contribution in [0.4, 0.5) is 0 Å². The molecular weight excluding hydrogens is 230 g/mol. The average molecular weight is 253 g/mol. The van der Waals surface area contributed by atoms with E-state index in [1.54, 1.807) is 0 Å². The summed E-state index contributed by atoms with van der Waals surface area (Å²) in [7, 11) is 0. The maximum Gasteiger partial charge on any atom is 0.0546 e. The van der Waals surface area contributed by atoms with Crippen LogP contribution in [0.3, 0.4) is 0 Å². The molecule has 2 N–H and O–H groups in total. The van der Waals surface area contributed by atoms with Crippen LogP contribution < -0.4 is 5.32 Å². The lowest BCUT2D eigenvalue weighted by molar-refractivity contribution is 0.0430. The van der Waals surface area contributed by atoms with Gasteiger partial charge in [0.15, 0.2) is 0 Å². The fourth-order valence-electron chi connectivity index (χ4n) is 2.14. The molecule has 0 aromatic carbocycles. The molecule has 1 aliphatic carbocycles. The molecule has 2 nitrogen and oxygen atoms in total. The maximum atomic E-state index is 9.20. The smallest absolute Gasteiger partial charge is 0.0546 e. The molecule has 0 spiro atoms. The van der Waals surface area contributed by atoms with Crippen LogP contribution in [0.5, 0.6) is 0 Å². The zero-order valence-electron chi connectivity index (χ0n) is 11.0. The number of aliphatic hydroxyl groups is 1. The minimum absolute atomic E-state index is 0.0315. The summed E-state index contributed by atoms with van der Waals surface area (Å²) in [6.07, 6.45) is 1.92. The predicted molar refractivity (Wildman–Crippen MR) is 73.5 cm³/mol. The molecule has 1 fully saturated rings. The first-order chi connectivity index (χ1) is 7.95. The van der Waals surface area contributed by atoms with Gasteiger partial charge in [0.1, 0.15) is 0 Å². The highest BCUT2D eigenvalue weighted by Gasteiger charge is 2.26. The van der Waals surface area contributed by atoms with E-state index in [1.165, 1.54) is 9.75 Å². The van der Waals surface area contributed by atoms with Gasteiger partial charge in [0, 0.05) is 16.3 Å². The highest BCUT2D eigenvalue weighted by atomic mass is 32.1. The van der Waals surface area contributed by atoms with Crippen LogP contribution in [0, 0.1) is 5.92 Å². The Balaban J connectivity index is 1.74. The molecule has 2 rings (SSSR count). The summed E-state index contributed by atoms with van der Waals surface area (Å²) in [6.45, 7) is 8.77. The van der Waals surface area contributed by atoms with Gasteiger partial charge in [-0.05, 0) is 42.9 Å². The van der Waals surface area contributed by atoms with Crippen molar-refractivity contribution in [2.24, 2.45) is 5.92 Å². The van der Waals surface area contributed by atoms with Crippen molar-refractivity contribution in [1.29, 1.82) is 0 Å². The van der Waals surface area contributed by atoms with E-state index >= 15 is 0 Å². The Kier molecular flexibility index (Phi) is 3.91. The van der Waals surface area contributed by atoms with Gasteiger partial charge in [-0.25, -0.2) is 0 Å². The van der Waals surface area contributed by atoms with Crippen LogP contribution in [0.1, 0.15) is 43.4 Å². The highest BCUT2D eigenvalue weighted by Crippen LogP contribution is 2.30. The first kappa shape index (κ1) is 13.1. The highest BCUT2D eigenvalue weighted by molar-refractivity contribution is 7.12. The Morgan fingerprint density at radius 1 is 1.35 bits per heavy atom. The Morgan fingerprint density at radius 3 is 2.59 bits per heavy atom. The third-order valence-electron chi connectivity index (χ3n) is 3.34.